The van der Waals surface area contributed by atoms with Gasteiger partial charge in [-0.25, -0.2) is 0 Å². The minimum atomic E-state index is 0.786. The standard InChI is InChI=1S/C18H29N3/c1-3-19-13-16-7-8-17(12-15(16)2)21-11-10-20-9-5-4-6-18(20)14-21/h7-8,12,18-19H,3-6,9-11,13-14H2,1-2H3. The highest BCUT2D eigenvalue weighted by atomic mass is 15.3. The lowest BCUT2D eigenvalue weighted by Crippen LogP contribution is -2.54. The Hall–Kier alpha value is -1.06. The summed E-state index contributed by atoms with van der Waals surface area (Å²) in [6.07, 6.45) is 4.19. The molecule has 1 aromatic carbocycles. The summed E-state index contributed by atoms with van der Waals surface area (Å²) in [5, 5.41) is 3.42. The first-order valence-corrected chi connectivity index (χ1v) is 8.57. The minimum Gasteiger partial charge on any atom is -0.369 e. The second-order valence-electron chi connectivity index (χ2n) is 6.52. The minimum absolute atomic E-state index is 0.786. The van der Waals surface area contributed by atoms with Crippen LogP contribution in [0.15, 0.2) is 18.2 Å². The Bertz CT molecular complexity index is 472. The van der Waals surface area contributed by atoms with Crippen LogP contribution in [-0.2, 0) is 6.54 Å². The van der Waals surface area contributed by atoms with Crippen LogP contribution >= 0.6 is 0 Å². The molecule has 1 aromatic rings. The van der Waals surface area contributed by atoms with Gasteiger partial charge < -0.3 is 10.2 Å². The van der Waals surface area contributed by atoms with Crippen LogP contribution in [0.2, 0.25) is 0 Å². The number of anilines is 1. The van der Waals surface area contributed by atoms with Gasteiger partial charge in [-0.15, -0.1) is 0 Å². The first-order chi connectivity index (χ1) is 10.3. The Balaban J connectivity index is 1.67. The topological polar surface area (TPSA) is 18.5 Å². The van der Waals surface area contributed by atoms with Gasteiger partial charge in [0.15, 0.2) is 0 Å². The fourth-order valence-corrected chi connectivity index (χ4v) is 3.73. The number of piperazine rings is 1. The molecule has 0 aromatic heterocycles. The van der Waals surface area contributed by atoms with Crippen molar-refractivity contribution in [2.45, 2.75) is 45.7 Å². The highest BCUT2D eigenvalue weighted by Gasteiger charge is 2.28. The van der Waals surface area contributed by atoms with Crippen LogP contribution in [0.1, 0.15) is 37.3 Å². The van der Waals surface area contributed by atoms with Crippen LogP contribution < -0.4 is 10.2 Å². The van der Waals surface area contributed by atoms with Crippen LogP contribution in [0.4, 0.5) is 5.69 Å². The van der Waals surface area contributed by atoms with Gasteiger partial charge in [0.25, 0.3) is 0 Å². The van der Waals surface area contributed by atoms with E-state index in [4.69, 9.17) is 0 Å². The van der Waals surface area contributed by atoms with E-state index in [1.54, 1.807) is 0 Å². The van der Waals surface area contributed by atoms with E-state index in [-0.39, 0.29) is 0 Å². The summed E-state index contributed by atoms with van der Waals surface area (Å²) in [6, 6.07) is 7.79. The van der Waals surface area contributed by atoms with Crippen molar-refractivity contribution in [3.63, 3.8) is 0 Å². The Morgan fingerprint density at radius 1 is 1.19 bits per heavy atom. The number of rotatable bonds is 4. The predicted octanol–water partition coefficient (Wildman–Crippen LogP) is 2.78. The van der Waals surface area contributed by atoms with Crippen molar-refractivity contribution in [2.75, 3.05) is 37.6 Å². The number of nitrogens with one attached hydrogen (secondary N) is 1. The van der Waals surface area contributed by atoms with Crippen LogP contribution in [0, 0.1) is 6.92 Å². The maximum absolute atomic E-state index is 3.42. The molecule has 2 aliphatic rings. The lowest BCUT2D eigenvalue weighted by Gasteiger charge is -2.45. The third kappa shape index (κ3) is 3.41. The average Bonchev–Trinajstić information content (AvgIpc) is 2.53. The van der Waals surface area contributed by atoms with Gasteiger partial charge in [-0.1, -0.05) is 19.4 Å². The third-order valence-corrected chi connectivity index (χ3v) is 5.09. The van der Waals surface area contributed by atoms with E-state index in [1.165, 1.54) is 62.3 Å². The molecule has 0 saturated carbocycles. The Kier molecular flexibility index (Phi) is 4.81. The van der Waals surface area contributed by atoms with Crippen LogP contribution in [-0.4, -0.2) is 43.7 Å². The summed E-state index contributed by atoms with van der Waals surface area (Å²) in [5.41, 5.74) is 4.26. The molecule has 21 heavy (non-hydrogen) atoms. The van der Waals surface area contributed by atoms with Gasteiger partial charge in [-0.3, -0.25) is 4.90 Å². The van der Waals surface area contributed by atoms with Crippen molar-refractivity contribution in [3.05, 3.63) is 29.3 Å². The van der Waals surface area contributed by atoms with Crippen molar-refractivity contribution < 1.29 is 0 Å². The van der Waals surface area contributed by atoms with Crippen LogP contribution in [0.25, 0.3) is 0 Å². The molecule has 2 heterocycles. The van der Waals surface area contributed by atoms with Gasteiger partial charge >= 0.3 is 0 Å². The zero-order valence-corrected chi connectivity index (χ0v) is 13.6. The summed E-state index contributed by atoms with van der Waals surface area (Å²) in [5.74, 6) is 0. The number of hydrogen-bond donors (Lipinski definition) is 1. The molecule has 0 aliphatic carbocycles. The lowest BCUT2D eigenvalue weighted by molar-refractivity contribution is 0.133. The molecule has 1 N–H and O–H groups in total. The van der Waals surface area contributed by atoms with Gasteiger partial charge in [0.2, 0.25) is 0 Å². The molecule has 0 bridgehead atoms. The van der Waals surface area contributed by atoms with E-state index in [0.29, 0.717) is 0 Å². The second kappa shape index (κ2) is 6.80. The van der Waals surface area contributed by atoms with E-state index in [9.17, 15) is 0 Å². The Labute approximate surface area is 129 Å². The predicted molar refractivity (Wildman–Crippen MR) is 90.0 cm³/mol. The van der Waals surface area contributed by atoms with Gasteiger partial charge in [0.05, 0.1) is 0 Å². The first-order valence-electron chi connectivity index (χ1n) is 8.57. The number of nitrogens with zero attached hydrogens (tertiary/aromatic N) is 2. The molecular weight excluding hydrogens is 258 g/mol. The first kappa shape index (κ1) is 14.9. The van der Waals surface area contributed by atoms with E-state index in [2.05, 4.69) is 47.2 Å². The van der Waals surface area contributed by atoms with Crippen molar-refractivity contribution >= 4 is 5.69 Å². The number of benzene rings is 1. The zero-order chi connectivity index (χ0) is 14.7. The van der Waals surface area contributed by atoms with Crippen LogP contribution in [0.3, 0.4) is 0 Å². The largest absolute Gasteiger partial charge is 0.369 e. The maximum Gasteiger partial charge on any atom is 0.0370 e. The molecule has 2 fully saturated rings. The summed E-state index contributed by atoms with van der Waals surface area (Å²) >= 11 is 0. The molecule has 2 saturated heterocycles. The smallest absolute Gasteiger partial charge is 0.0370 e. The quantitative estimate of drug-likeness (QED) is 0.918. The molecule has 0 amide bonds. The number of fused-ring (bicyclic) bond motifs is 1. The molecule has 0 spiro atoms. The third-order valence-electron chi connectivity index (χ3n) is 5.09. The highest BCUT2D eigenvalue weighted by molar-refractivity contribution is 5.51. The average molecular weight is 287 g/mol. The summed E-state index contributed by atoms with van der Waals surface area (Å²) in [6.45, 7) is 11.4. The van der Waals surface area contributed by atoms with Crippen molar-refractivity contribution in [2.24, 2.45) is 0 Å². The van der Waals surface area contributed by atoms with E-state index >= 15 is 0 Å². The zero-order valence-electron chi connectivity index (χ0n) is 13.6. The summed E-state index contributed by atoms with van der Waals surface area (Å²) in [7, 11) is 0. The molecule has 1 atom stereocenters. The lowest BCUT2D eigenvalue weighted by atomic mass is 9.98. The van der Waals surface area contributed by atoms with Crippen LogP contribution in [0.5, 0.6) is 0 Å². The number of hydrogen-bond acceptors (Lipinski definition) is 3. The molecule has 3 nitrogen and oxygen atoms in total. The molecular formula is C18H29N3. The van der Waals surface area contributed by atoms with Gasteiger partial charge in [-0.2, -0.15) is 0 Å². The van der Waals surface area contributed by atoms with E-state index in [1.807, 2.05) is 0 Å². The molecule has 2 aliphatic heterocycles. The van der Waals surface area contributed by atoms with Crippen molar-refractivity contribution in [3.8, 4) is 0 Å². The maximum atomic E-state index is 3.42. The van der Waals surface area contributed by atoms with E-state index in [0.717, 1.165) is 19.1 Å². The number of piperidine rings is 1. The fraction of sp³-hybridized carbons (Fsp3) is 0.667. The Morgan fingerprint density at radius 3 is 2.90 bits per heavy atom. The fourth-order valence-electron chi connectivity index (χ4n) is 3.73. The number of aryl methyl sites for hydroxylation is 1. The summed E-state index contributed by atoms with van der Waals surface area (Å²) in [4.78, 5) is 5.29. The van der Waals surface area contributed by atoms with Gasteiger partial charge in [0, 0.05) is 37.9 Å². The van der Waals surface area contributed by atoms with Gasteiger partial charge in [-0.05, 0) is 56.1 Å². The van der Waals surface area contributed by atoms with Gasteiger partial charge in [0.1, 0.15) is 0 Å². The SMILES string of the molecule is CCNCc1ccc(N2CCN3CCCCC3C2)cc1C. The van der Waals surface area contributed by atoms with Crippen molar-refractivity contribution in [1.82, 2.24) is 10.2 Å². The molecule has 1 unspecified atom stereocenters. The molecule has 116 valence electrons. The molecule has 3 rings (SSSR count). The van der Waals surface area contributed by atoms with E-state index < -0.39 is 0 Å². The normalized spacial score (nSPS) is 23.1. The molecule has 0 radical (unpaired) electrons. The Morgan fingerprint density at radius 2 is 2.10 bits per heavy atom. The highest BCUT2D eigenvalue weighted by Crippen LogP contribution is 2.26. The molecule has 3 heteroatoms. The monoisotopic (exact) mass is 287 g/mol. The summed E-state index contributed by atoms with van der Waals surface area (Å²) < 4.78 is 0. The second-order valence-corrected chi connectivity index (χ2v) is 6.52. The van der Waals surface area contributed by atoms with Crippen molar-refractivity contribution in [1.29, 1.82) is 0 Å².